The van der Waals surface area contributed by atoms with Crippen molar-refractivity contribution >= 4 is 40.4 Å². The van der Waals surface area contributed by atoms with Crippen LogP contribution in [0.15, 0.2) is 28.5 Å². The Kier molecular flexibility index (Phi) is 5.99. The predicted octanol–water partition coefficient (Wildman–Crippen LogP) is 2.88. The van der Waals surface area contributed by atoms with Crippen molar-refractivity contribution in [2.45, 2.75) is 67.9 Å². The van der Waals surface area contributed by atoms with Crippen LogP contribution in [0, 0.1) is 17.1 Å². The summed E-state index contributed by atoms with van der Waals surface area (Å²) >= 11 is 7.10. The van der Waals surface area contributed by atoms with Crippen LogP contribution in [0.5, 0.6) is 11.8 Å². The van der Waals surface area contributed by atoms with Crippen LogP contribution in [-0.2, 0) is 0 Å². The van der Waals surface area contributed by atoms with Crippen LogP contribution in [0.3, 0.4) is 0 Å². The number of nitrogens with zero attached hydrogens (tertiary/aromatic N) is 7. The molecule has 11 nitrogen and oxygen atoms in total. The molecule has 2 aromatic rings. The molecule has 7 aliphatic rings. The molecule has 4 saturated heterocycles. The Labute approximate surface area is 262 Å². The SMILES string of the molecule is N#CC1=C2[C@@H](c3c(Cl)c4c5c(nc(OC[C@@]67CCCN6C[C@H](F)C7)nc5c3F)N3C[C@H]5CC[C@H](N5)[C@H]3CO4)C=CC=[N+]2N=C1N. The summed E-state index contributed by atoms with van der Waals surface area (Å²) in [5.74, 6) is -0.583. The Bertz CT molecular complexity index is 1840. The van der Waals surface area contributed by atoms with Crippen molar-refractivity contribution in [1.82, 2.24) is 20.2 Å². The Morgan fingerprint density at radius 3 is 3.07 bits per heavy atom. The number of allylic oxidation sites excluding steroid dienone is 2. The minimum Gasteiger partial charge on any atom is -0.489 e. The summed E-state index contributed by atoms with van der Waals surface area (Å²) in [6.07, 6.45) is 8.44. The maximum absolute atomic E-state index is 17.1. The Hall–Kier alpha value is -3.86. The third kappa shape index (κ3) is 3.91. The second kappa shape index (κ2) is 9.82. The number of hydrazone groups is 1. The highest BCUT2D eigenvalue weighted by Gasteiger charge is 2.50. The van der Waals surface area contributed by atoms with Crippen LogP contribution in [-0.4, -0.2) is 94.3 Å². The van der Waals surface area contributed by atoms with Crippen molar-refractivity contribution in [3.8, 4) is 17.8 Å². The first-order valence-corrected chi connectivity index (χ1v) is 15.9. The van der Waals surface area contributed by atoms with E-state index in [2.05, 4.69) is 31.3 Å². The topological polar surface area (TPSA) is 128 Å². The fourth-order valence-corrected chi connectivity index (χ4v) is 9.00. The van der Waals surface area contributed by atoms with Gasteiger partial charge in [0.05, 0.1) is 27.9 Å². The molecule has 6 atom stereocenters. The maximum Gasteiger partial charge on any atom is 0.319 e. The number of hydrogen-bond donors (Lipinski definition) is 2. The molecule has 2 bridgehead atoms. The first-order valence-electron chi connectivity index (χ1n) is 15.5. The number of piperazine rings is 1. The molecular weight excluding hydrogens is 604 g/mol. The summed E-state index contributed by atoms with van der Waals surface area (Å²) in [6.45, 7) is 2.42. The Morgan fingerprint density at radius 2 is 2.20 bits per heavy atom. The average molecular weight is 635 g/mol. The number of nitrogens with one attached hydrogen (secondary N) is 1. The molecule has 4 fully saturated rings. The van der Waals surface area contributed by atoms with Gasteiger partial charge in [-0.05, 0) is 32.2 Å². The fraction of sp³-hybridized carbons (Fsp3) is 0.516. The van der Waals surface area contributed by atoms with Crippen LogP contribution < -0.4 is 25.4 Å². The van der Waals surface area contributed by atoms with Gasteiger partial charge in [0.15, 0.2) is 17.1 Å². The highest BCUT2D eigenvalue weighted by atomic mass is 35.5. The molecule has 9 rings (SSSR count). The summed E-state index contributed by atoms with van der Waals surface area (Å²) in [5, 5.41) is 18.3. The predicted molar refractivity (Wildman–Crippen MR) is 162 cm³/mol. The quantitative estimate of drug-likeness (QED) is 0.488. The van der Waals surface area contributed by atoms with Crippen molar-refractivity contribution in [1.29, 1.82) is 5.26 Å². The number of fused-ring (bicyclic) bond motifs is 7. The molecule has 0 amide bonds. The van der Waals surface area contributed by atoms with Gasteiger partial charge in [-0.3, -0.25) is 4.90 Å². The second-order valence-electron chi connectivity index (χ2n) is 13.1. The van der Waals surface area contributed by atoms with Gasteiger partial charge in [0.1, 0.15) is 36.8 Å². The normalized spacial score (nSPS) is 32.9. The van der Waals surface area contributed by atoms with Gasteiger partial charge >= 0.3 is 6.01 Å². The lowest BCUT2D eigenvalue weighted by Crippen LogP contribution is -2.60. The van der Waals surface area contributed by atoms with Crippen molar-refractivity contribution < 1.29 is 22.9 Å². The fourth-order valence-electron chi connectivity index (χ4n) is 8.65. The zero-order chi connectivity index (χ0) is 30.6. The number of alkyl halides is 1. The van der Waals surface area contributed by atoms with E-state index < -0.39 is 23.4 Å². The van der Waals surface area contributed by atoms with E-state index in [1.165, 1.54) is 4.68 Å². The molecular formula is C31H31ClF2N9O2+. The smallest absolute Gasteiger partial charge is 0.319 e. The van der Waals surface area contributed by atoms with Gasteiger partial charge in [0.2, 0.25) is 17.7 Å². The van der Waals surface area contributed by atoms with Gasteiger partial charge in [0, 0.05) is 48.3 Å². The van der Waals surface area contributed by atoms with Crippen LogP contribution >= 0.6 is 11.6 Å². The van der Waals surface area contributed by atoms with Gasteiger partial charge in [0.25, 0.3) is 0 Å². The highest BCUT2D eigenvalue weighted by Crippen LogP contribution is 2.50. The maximum atomic E-state index is 17.1. The third-order valence-corrected chi connectivity index (χ3v) is 11.0. The summed E-state index contributed by atoms with van der Waals surface area (Å²) in [7, 11) is 0. The molecule has 14 heteroatoms. The van der Waals surface area contributed by atoms with E-state index in [9.17, 15) is 9.65 Å². The summed E-state index contributed by atoms with van der Waals surface area (Å²) in [6, 6.07) is 2.53. The minimum atomic E-state index is -0.906. The van der Waals surface area contributed by atoms with Crippen LogP contribution in [0.2, 0.25) is 5.02 Å². The van der Waals surface area contributed by atoms with E-state index in [1.807, 2.05) is 0 Å². The van der Waals surface area contributed by atoms with E-state index in [0.717, 1.165) is 32.2 Å². The molecule has 232 valence electrons. The lowest BCUT2D eigenvalue weighted by molar-refractivity contribution is -0.477. The van der Waals surface area contributed by atoms with Gasteiger partial charge in [-0.15, -0.1) is 0 Å². The van der Waals surface area contributed by atoms with Gasteiger partial charge in [-0.25, -0.2) is 8.78 Å². The third-order valence-electron chi connectivity index (χ3n) is 10.7. The lowest BCUT2D eigenvalue weighted by atomic mass is 9.89. The standard InChI is InChI=1S/C31H31ClF2N9O2/c32-23-21(17-3-1-8-43-26(17)18(10-35)28(36)40-43)24(34)25-22-27(23)44-13-20-19-5-4-16(37-19)12-42(20)29(22)39-30(38-25)45-14-31-6-2-7-41(31)11-15(33)9-31/h1,3,8,15-17,19-20,37H,2,4-7,9,11-14H2,(H2,36,40)/q+1/t15-,16-,17-,19+,20-,31+/m1/s1. The molecule has 1 aromatic heterocycles. The summed E-state index contributed by atoms with van der Waals surface area (Å²) in [5.41, 5.74) is 6.32. The van der Waals surface area contributed by atoms with Gasteiger partial charge in [-0.2, -0.15) is 15.2 Å². The Balaban J connectivity index is 1.22. The first kappa shape index (κ1) is 27.5. The number of halogens is 3. The number of anilines is 1. The molecule has 8 heterocycles. The molecule has 45 heavy (non-hydrogen) atoms. The molecule has 7 aliphatic heterocycles. The number of benzene rings is 1. The number of nitriles is 1. The van der Waals surface area contributed by atoms with E-state index in [0.29, 0.717) is 48.8 Å². The van der Waals surface area contributed by atoms with Crippen LogP contribution in [0.4, 0.5) is 14.6 Å². The van der Waals surface area contributed by atoms with Crippen molar-refractivity contribution in [3.05, 3.63) is 39.8 Å². The van der Waals surface area contributed by atoms with E-state index >= 15 is 4.39 Å². The van der Waals surface area contributed by atoms with Crippen molar-refractivity contribution in [2.24, 2.45) is 10.8 Å². The molecule has 0 radical (unpaired) electrons. The zero-order valence-electron chi connectivity index (χ0n) is 24.3. The number of rotatable bonds is 4. The van der Waals surface area contributed by atoms with Crippen molar-refractivity contribution in [2.75, 3.05) is 37.7 Å². The number of nitrogens with two attached hydrogens (primary N) is 1. The molecule has 0 spiro atoms. The van der Waals surface area contributed by atoms with E-state index in [1.54, 1.807) is 18.4 Å². The van der Waals surface area contributed by atoms with E-state index in [4.69, 9.17) is 31.8 Å². The molecule has 0 aliphatic carbocycles. The van der Waals surface area contributed by atoms with E-state index in [-0.39, 0.29) is 58.3 Å². The number of hydrogen-bond acceptors (Lipinski definition) is 10. The molecule has 0 unspecified atom stereocenters. The first-order chi connectivity index (χ1) is 21.8. The van der Waals surface area contributed by atoms with Gasteiger partial charge < -0.3 is 25.4 Å². The monoisotopic (exact) mass is 634 g/mol. The Morgan fingerprint density at radius 1 is 1.31 bits per heavy atom. The lowest BCUT2D eigenvalue weighted by Gasteiger charge is -2.40. The molecule has 1 aromatic carbocycles. The largest absolute Gasteiger partial charge is 0.489 e. The molecule has 0 saturated carbocycles. The highest BCUT2D eigenvalue weighted by molar-refractivity contribution is 6.34. The van der Waals surface area contributed by atoms with Crippen molar-refractivity contribution in [3.63, 3.8) is 0 Å². The summed E-state index contributed by atoms with van der Waals surface area (Å²) in [4.78, 5) is 13.9. The van der Waals surface area contributed by atoms with Crippen LogP contribution in [0.25, 0.3) is 10.9 Å². The number of aromatic nitrogens is 2. The van der Waals surface area contributed by atoms with Crippen LogP contribution in [0.1, 0.15) is 43.6 Å². The second-order valence-corrected chi connectivity index (χ2v) is 13.5. The minimum absolute atomic E-state index is 0.0204. The molecule has 3 N–H and O–H groups in total. The summed E-state index contributed by atoms with van der Waals surface area (Å²) < 4.78 is 45.9. The number of ether oxygens (including phenoxy) is 2. The zero-order valence-corrected chi connectivity index (χ0v) is 25.1. The average Bonchev–Trinajstić information content (AvgIpc) is 3.74. The van der Waals surface area contributed by atoms with Gasteiger partial charge in [-0.1, -0.05) is 22.4 Å². The number of amidine groups is 1.